The highest BCUT2D eigenvalue weighted by atomic mass is 79.9. The number of thioether (sulfide) groups is 1. The van der Waals surface area contributed by atoms with Crippen LogP contribution in [0.25, 0.3) is 4.48 Å². The van der Waals surface area contributed by atoms with Gasteiger partial charge in [0.1, 0.15) is 0 Å². The van der Waals surface area contributed by atoms with E-state index in [4.69, 9.17) is 0 Å². The maximum Gasteiger partial charge on any atom is 0.0699 e. The molecule has 3 heteroatoms. The van der Waals surface area contributed by atoms with E-state index in [0.29, 0.717) is 0 Å². The average molecular weight is 370 g/mol. The van der Waals surface area contributed by atoms with Crippen molar-refractivity contribution in [2.45, 2.75) is 4.90 Å². The first-order valence-corrected chi connectivity index (χ1v) is 7.51. The third kappa shape index (κ3) is 3.73. The van der Waals surface area contributed by atoms with Gasteiger partial charge >= 0.3 is 0 Å². The quantitative estimate of drug-likeness (QED) is 0.607. The molecule has 0 heterocycles. The Hall–Kier alpha value is -0.510. The molecule has 0 spiro atoms. The Balaban J connectivity index is 2.22. The Bertz CT molecular complexity index is 506. The second-order valence-electron chi connectivity index (χ2n) is 3.37. The molecule has 0 nitrogen and oxygen atoms in total. The summed E-state index contributed by atoms with van der Waals surface area (Å²) in [7, 11) is 0. The van der Waals surface area contributed by atoms with Gasteiger partial charge in [0.2, 0.25) is 0 Å². The molecule has 0 aliphatic rings. The third-order valence-corrected chi connectivity index (χ3v) is 5.57. The zero-order valence-electron chi connectivity index (χ0n) is 8.94. The molecule has 17 heavy (non-hydrogen) atoms. The van der Waals surface area contributed by atoms with Gasteiger partial charge in [0.15, 0.2) is 0 Å². The summed E-state index contributed by atoms with van der Waals surface area (Å²) >= 11 is 8.93. The number of benzene rings is 2. The van der Waals surface area contributed by atoms with Gasteiger partial charge < -0.3 is 0 Å². The van der Waals surface area contributed by atoms with Crippen molar-refractivity contribution in [3.63, 3.8) is 0 Å². The molecule has 0 bridgehead atoms. The Morgan fingerprint density at radius 2 is 1.29 bits per heavy atom. The summed E-state index contributed by atoms with van der Waals surface area (Å²) in [6.45, 7) is 0. The van der Waals surface area contributed by atoms with Crippen molar-refractivity contribution >= 4 is 48.1 Å². The van der Waals surface area contributed by atoms with Gasteiger partial charge in [-0.1, -0.05) is 60.3 Å². The SMILES string of the molecule is Br/C(Sc1ccccc1)=C(\Br)c1ccccc1. The Kier molecular flexibility index (Phi) is 4.89. The molecule has 0 saturated carbocycles. The van der Waals surface area contributed by atoms with Crippen LogP contribution in [0.3, 0.4) is 0 Å². The summed E-state index contributed by atoms with van der Waals surface area (Å²) in [4.78, 5) is 1.22. The van der Waals surface area contributed by atoms with Gasteiger partial charge in [0.25, 0.3) is 0 Å². The zero-order chi connectivity index (χ0) is 12.1. The highest BCUT2D eigenvalue weighted by Gasteiger charge is 2.05. The van der Waals surface area contributed by atoms with Gasteiger partial charge in [0.05, 0.1) is 3.81 Å². The van der Waals surface area contributed by atoms with Crippen molar-refractivity contribution in [1.29, 1.82) is 0 Å². The molecule has 86 valence electrons. The molecule has 0 atom stereocenters. The van der Waals surface area contributed by atoms with Crippen LogP contribution in [0.4, 0.5) is 0 Å². The van der Waals surface area contributed by atoms with E-state index in [0.717, 1.165) is 8.30 Å². The van der Waals surface area contributed by atoms with Crippen LogP contribution in [-0.4, -0.2) is 0 Å². The number of hydrogen-bond donors (Lipinski definition) is 0. The summed E-state index contributed by atoms with van der Waals surface area (Å²) in [5, 5.41) is 0. The van der Waals surface area contributed by atoms with Crippen molar-refractivity contribution in [3.8, 4) is 0 Å². The summed E-state index contributed by atoms with van der Waals surface area (Å²) in [6, 6.07) is 20.5. The van der Waals surface area contributed by atoms with E-state index in [1.165, 1.54) is 10.5 Å². The van der Waals surface area contributed by atoms with Crippen LogP contribution in [0, 0.1) is 0 Å². The summed E-state index contributed by atoms with van der Waals surface area (Å²) in [5.74, 6) is 0. The van der Waals surface area contributed by atoms with Crippen molar-refractivity contribution in [3.05, 3.63) is 70.0 Å². The third-order valence-electron chi connectivity index (χ3n) is 2.15. The van der Waals surface area contributed by atoms with Gasteiger partial charge in [-0.05, 0) is 49.6 Å². The summed E-state index contributed by atoms with van der Waals surface area (Å²) in [6.07, 6.45) is 0. The Labute approximate surface area is 122 Å². The lowest BCUT2D eigenvalue weighted by Gasteiger charge is -2.04. The molecule has 0 unspecified atom stereocenters. The fraction of sp³-hybridized carbons (Fsp3) is 0. The first-order valence-electron chi connectivity index (χ1n) is 5.11. The predicted molar refractivity (Wildman–Crippen MR) is 83.5 cm³/mol. The molecule has 0 amide bonds. The van der Waals surface area contributed by atoms with E-state index >= 15 is 0 Å². The van der Waals surface area contributed by atoms with Gasteiger partial charge in [-0.25, -0.2) is 0 Å². The van der Waals surface area contributed by atoms with Crippen molar-refractivity contribution in [2.75, 3.05) is 0 Å². The fourth-order valence-corrected chi connectivity index (χ4v) is 3.34. The van der Waals surface area contributed by atoms with Crippen molar-refractivity contribution in [2.24, 2.45) is 0 Å². The minimum Gasteiger partial charge on any atom is -0.0813 e. The molecule has 2 aromatic rings. The first kappa shape index (κ1) is 12.9. The fourth-order valence-electron chi connectivity index (χ4n) is 1.33. The van der Waals surface area contributed by atoms with Crippen LogP contribution < -0.4 is 0 Å². The number of halogens is 2. The van der Waals surface area contributed by atoms with Gasteiger partial charge in [0, 0.05) is 9.38 Å². The van der Waals surface area contributed by atoms with Crippen molar-refractivity contribution < 1.29 is 0 Å². The maximum atomic E-state index is 3.62. The summed E-state index contributed by atoms with van der Waals surface area (Å²) in [5.41, 5.74) is 1.17. The van der Waals surface area contributed by atoms with Crippen LogP contribution in [0.2, 0.25) is 0 Å². The second kappa shape index (κ2) is 6.43. The Morgan fingerprint density at radius 3 is 1.88 bits per heavy atom. The Morgan fingerprint density at radius 1 is 0.765 bits per heavy atom. The number of rotatable bonds is 3. The molecule has 0 fully saturated rings. The molecule has 0 N–H and O–H groups in total. The van der Waals surface area contributed by atoms with Crippen molar-refractivity contribution in [1.82, 2.24) is 0 Å². The minimum absolute atomic E-state index is 1.08. The topological polar surface area (TPSA) is 0 Å². The average Bonchev–Trinajstić information content (AvgIpc) is 2.40. The lowest BCUT2D eigenvalue weighted by atomic mass is 10.2. The minimum atomic E-state index is 1.08. The molecular weight excluding hydrogens is 360 g/mol. The normalized spacial score (nSPS) is 12.1. The first-order chi connectivity index (χ1) is 8.27. The molecule has 0 aromatic heterocycles. The van der Waals surface area contributed by atoms with E-state index < -0.39 is 0 Å². The van der Waals surface area contributed by atoms with E-state index in [1.807, 2.05) is 36.4 Å². The van der Waals surface area contributed by atoms with E-state index in [9.17, 15) is 0 Å². The molecule has 0 saturated heterocycles. The van der Waals surface area contributed by atoms with Gasteiger partial charge in [-0.3, -0.25) is 0 Å². The standard InChI is InChI=1S/C14H10Br2S/c15-13(11-7-3-1-4-8-11)14(16)17-12-9-5-2-6-10-12/h1-10H/b14-13+. The molecule has 0 aliphatic carbocycles. The van der Waals surface area contributed by atoms with Crippen LogP contribution in [0.1, 0.15) is 5.56 Å². The monoisotopic (exact) mass is 368 g/mol. The summed E-state index contributed by atoms with van der Waals surface area (Å²) < 4.78 is 2.15. The van der Waals surface area contributed by atoms with E-state index in [-0.39, 0.29) is 0 Å². The lowest BCUT2D eigenvalue weighted by Crippen LogP contribution is -1.77. The largest absolute Gasteiger partial charge is 0.0813 e. The van der Waals surface area contributed by atoms with Gasteiger partial charge in [-0.2, -0.15) is 0 Å². The molecule has 0 radical (unpaired) electrons. The van der Waals surface area contributed by atoms with Crippen LogP contribution in [0.5, 0.6) is 0 Å². The maximum absolute atomic E-state index is 3.62. The smallest absolute Gasteiger partial charge is 0.0699 e. The molecule has 0 aliphatic heterocycles. The molecule has 2 rings (SSSR count). The second-order valence-corrected chi connectivity index (χ2v) is 6.56. The van der Waals surface area contributed by atoms with E-state index in [2.05, 4.69) is 56.1 Å². The van der Waals surface area contributed by atoms with Gasteiger partial charge in [-0.15, -0.1) is 0 Å². The lowest BCUT2D eigenvalue weighted by molar-refractivity contribution is 1.47. The van der Waals surface area contributed by atoms with Crippen LogP contribution in [-0.2, 0) is 0 Å². The van der Waals surface area contributed by atoms with E-state index in [1.54, 1.807) is 11.8 Å². The van der Waals surface area contributed by atoms with Crippen LogP contribution in [0.15, 0.2) is 69.4 Å². The highest BCUT2D eigenvalue weighted by molar-refractivity contribution is 9.17. The number of hydrogen-bond acceptors (Lipinski definition) is 1. The zero-order valence-corrected chi connectivity index (χ0v) is 12.9. The molecular formula is C14H10Br2S. The predicted octanol–water partition coefficient (Wildman–Crippen LogP) is 5.89. The molecule has 2 aromatic carbocycles. The van der Waals surface area contributed by atoms with Crippen LogP contribution >= 0.6 is 43.6 Å². The highest BCUT2D eigenvalue weighted by Crippen LogP contribution is 2.39.